The largest absolute Gasteiger partial charge is 0.460 e. The van der Waals surface area contributed by atoms with Gasteiger partial charge in [-0.15, -0.1) is 0 Å². The second kappa shape index (κ2) is 5.22. The summed E-state index contributed by atoms with van der Waals surface area (Å²) in [6.07, 6.45) is 4.27. The molecule has 1 atom stereocenters. The van der Waals surface area contributed by atoms with Gasteiger partial charge in [-0.2, -0.15) is 0 Å². The van der Waals surface area contributed by atoms with Crippen LogP contribution in [0.1, 0.15) is 11.7 Å². The predicted octanol–water partition coefficient (Wildman–Crippen LogP) is -0.0301. The van der Waals surface area contributed by atoms with E-state index in [1.807, 2.05) is 0 Å². The minimum absolute atomic E-state index is 0.178. The van der Waals surface area contributed by atoms with Gasteiger partial charge in [0.2, 0.25) is 0 Å². The van der Waals surface area contributed by atoms with Gasteiger partial charge >= 0.3 is 5.97 Å². The molecule has 0 amide bonds. The molecule has 0 saturated heterocycles. The fourth-order valence-corrected chi connectivity index (χ4v) is 0.941. The smallest absolute Gasteiger partial charge is 0.333 e. The molecule has 0 saturated carbocycles. The summed E-state index contributed by atoms with van der Waals surface area (Å²) in [5.41, 5.74) is 5.82. The Morgan fingerprint density at radius 1 is 1.62 bits per heavy atom. The Morgan fingerprint density at radius 3 is 2.81 bits per heavy atom. The lowest BCUT2D eigenvalue weighted by molar-refractivity contribution is -0.139. The zero-order chi connectivity index (χ0) is 12.1. The Labute approximate surface area is 92.7 Å². The third-order valence-electron chi connectivity index (χ3n) is 1.82. The fraction of sp³-hybridized carbons (Fsp3) is 0.300. The molecule has 16 heavy (non-hydrogen) atoms. The number of esters is 1. The van der Waals surface area contributed by atoms with Crippen molar-refractivity contribution in [2.45, 2.75) is 13.0 Å². The Kier molecular flexibility index (Phi) is 3.96. The van der Waals surface area contributed by atoms with E-state index in [1.165, 1.54) is 30.2 Å². The molecule has 1 aromatic heterocycles. The van der Waals surface area contributed by atoms with Crippen molar-refractivity contribution < 1.29 is 14.3 Å². The van der Waals surface area contributed by atoms with E-state index in [9.17, 15) is 9.59 Å². The first-order valence-corrected chi connectivity index (χ1v) is 4.62. The predicted molar refractivity (Wildman–Crippen MR) is 56.6 cm³/mol. The van der Waals surface area contributed by atoms with E-state index >= 15 is 0 Å². The number of rotatable bonds is 4. The van der Waals surface area contributed by atoms with Crippen molar-refractivity contribution in [2.75, 3.05) is 6.61 Å². The molecule has 0 radical (unpaired) electrons. The van der Waals surface area contributed by atoms with Crippen LogP contribution in [0, 0.1) is 0 Å². The van der Waals surface area contributed by atoms with Crippen LogP contribution in [0.25, 0.3) is 0 Å². The third-order valence-corrected chi connectivity index (χ3v) is 1.82. The zero-order valence-electron chi connectivity index (χ0n) is 8.92. The van der Waals surface area contributed by atoms with Gasteiger partial charge in [-0.3, -0.25) is 9.36 Å². The summed E-state index contributed by atoms with van der Waals surface area (Å²) in [7, 11) is 0. The van der Waals surface area contributed by atoms with Gasteiger partial charge in [0.05, 0.1) is 0 Å². The number of nitrogens with zero attached hydrogens (tertiary/aromatic N) is 2. The van der Waals surface area contributed by atoms with Crippen molar-refractivity contribution in [3.63, 3.8) is 0 Å². The standard InChI is InChI=1S/C10H13N3O3/c1-7(2)10(15)16-5-8(11)9(14)13-4-3-12-6-13/h3-4,6,8H,1,5,11H2,2H3. The number of hydrogen-bond donors (Lipinski definition) is 1. The van der Waals surface area contributed by atoms with Gasteiger partial charge in [0.1, 0.15) is 19.0 Å². The molecule has 0 aliphatic carbocycles. The van der Waals surface area contributed by atoms with Gasteiger partial charge in [-0.1, -0.05) is 6.58 Å². The molecule has 0 aromatic carbocycles. The number of hydrogen-bond acceptors (Lipinski definition) is 5. The molecule has 6 heteroatoms. The van der Waals surface area contributed by atoms with Crippen molar-refractivity contribution in [1.29, 1.82) is 0 Å². The van der Waals surface area contributed by atoms with E-state index in [2.05, 4.69) is 11.6 Å². The van der Waals surface area contributed by atoms with E-state index in [1.54, 1.807) is 0 Å². The van der Waals surface area contributed by atoms with Gasteiger partial charge in [0.15, 0.2) is 0 Å². The number of imidazole rings is 1. The van der Waals surface area contributed by atoms with Gasteiger partial charge in [-0.25, -0.2) is 9.78 Å². The lowest BCUT2D eigenvalue weighted by Crippen LogP contribution is -2.39. The first kappa shape index (κ1) is 12.1. The summed E-state index contributed by atoms with van der Waals surface area (Å²) in [6, 6.07) is -0.905. The second-order valence-electron chi connectivity index (χ2n) is 3.29. The minimum Gasteiger partial charge on any atom is -0.460 e. The lowest BCUT2D eigenvalue weighted by Gasteiger charge is -2.11. The highest BCUT2D eigenvalue weighted by Gasteiger charge is 2.17. The van der Waals surface area contributed by atoms with E-state index in [0.29, 0.717) is 0 Å². The highest BCUT2D eigenvalue weighted by Crippen LogP contribution is 1.96. The van der Waals surface area contributed by atoms with E-state index in [-0.39, 0.29) is 18.1 Å². The Hall–Kier alpha value is -1.95. The molecular weight excluding hydrogens is 210 g/mol. The number of aromatic nitrogens is 2. The molecule has 0 aliphatic rings. The molecule has 0 aliphatic heterocycles. The lowest BCUT2D eigenvalue weighted by atomic mass is 10.3. The van der Waals surface area contributed by atoms with E-state index < -0.39 is 12.0 Å². The van der Waals surface area contributed by atoms with Crippen LogP contribution in [0.4, 0.5) is 0 Å². The van der Waals surface area contributed by atoms with Gasteiger partial charge in [-0.05, 0) is 6.92 Å². The molecule has 0 bridgehead atoms. The first-order chi connectivity index (χ1) is 7.52. The van der Waals surface area contributed by atoms with Crippen molar-refractivity contribution in [1.82, 2.24) is 9.55 Å². The number of carbonyl (C=O) groups excluding carboxylic acids is 2. The maximum atomic E-state index is 11.6. The quantitative estimate of drug-likeness (QED) is 0.572. The number of ether oxygens (including phenoxy) is 1. The van der Waals surface area contributed by atoms with Crippen LogP contribution < -0.4 is 5.73 Å². The van der Waals surface area contributed by atoms with Crippen LogP contribution in [0.15, 0.2) is 30.9 Å². The van der Waals surface area contributed by atoms with Gasteiger partial charge in [0, 0.05) is 18.0 Å². The molecule has 1 unspecified atom stereocenters. The summed E-state index contributed by atoms with van der Waals surface area (Å²) >= 11 is 0. The van der Waals surface area contributed by atoms with Crippen LogP contribution in [-0.4, -0.2) is 34.1 Å². The summed E-state index contributed by atoms with van der Waals surface area (Å²) in [5, 5.41) is 0. The minimum atomic E-state index is -0.905. The Bertz CT molecular complexity index is 397. The van der Waals surface area contributed by atoms with Gasteiger partial charge in [0.25, 0.3) is 5.91 Å². The molecule has 86 valence electrons. The van der Waals surface area contributed by atoms with Crippen molar-refractivity contribution >= 4 is 11.9 Å². The third kappa shape index (κ3) is 3.03. The summed E-state index contributed by atoms with van der Waals surface area (Å²) in [4.78, 5) is 26.3. The summed E-state index contributed by atoms with van der Waals surface area (Å²) in [6.45, 7) is 4.75. The van der Waals surface area contributed by atoms with Crippen LogP contribution in [0.3, 0.4) is 0 Å². The first-order valence-electron chi connectivity index (χ1n) is 4.62. The monoisotopic (exact) mass is 223 g/mol. The fourth-order valence-electron chi connectivity index (χ4n) is 0.941. The SMILES string of the molecule is C=C(C)C(=O)OCC(N)C(=O)n1ccnc1. The second-order valence-corrected chi connectivity index (χ2v) is 3.29. The maximum Gasteiger partial charge on any atom is 0.333 e. The molecule has 0 spiro atoms. The maximum absolute atomic E-state index is 11.6. The van der Waals surface area contributed by atoms with Gasteiger partial charge < -0.3 is 10.5 Å². The van der Waals surface area contributed by atoms with Crippen LogP contribution >= 0.6 is 0 Å². The molecule has 1 rings (SSSR count). The zero-order valence-corrected chi connectivity index (χ0v) is 8.92. The van der Waals surface area contributed by atoms with E-state index in [0.717, 1.165) is 0 Å². The number of nitrogens with two attached hydrogens (primary N) is 1. The highest BCUT2D eigenvalue weighted by atomic mass is 16.5. The summed E-state index contributed by atoms with van der Waals surface area (Å²) in [5.74, 6) is -0.944. The van der Waals surface area contributed by atoms with Crippen LogP contribution in [-0.2, 0) is 9.53 Å². The molecule has 1 heterocycles. The van der Waals surface area contributed by atoms with E-state index in [4.69, 9.17) is 10.5 Å². The van der Waals surface area contributed by atoms with Crippen molar-refractivity contribution in [3.05, 3.63) is 30.9 Å². The Morgan fingerprint density at radius 2 is 2.31 bits per heavy atom. The molecule has 6 nitrogen and oxygen atoms in total. The molecule has 1 aromatic rings. The summed E-state index contributed by atoms with van der Waals surface area (Å²) < 4.78 is 6.00. The normalized spacial score (nSPS) is 11.9. The molecule has 2 N–H and O–H groups in total. The van der Waals surface area contributed by atoms with Crippen LogP contribution in [0.5, 0.6) is 0 Å². The van der Waals surface area contributed by atoms with Crippen molar-refractivity contribution in [2.24, 2.45) is 5.73 Å². The topological polar surface area (TPSA) is 87.2 Å². The molecule has 0 fully saturated rings. The number of carbonyl (C=O) groups is 2. The van der Waals surface area contributed by atoms with Crippen molar-refractivity contribution in [3.8, 4) is 0 Å². The average Bonchev–Trinajstić information content (AvgIpc) is 2.77. The average molecular weight is 223 g/mol. The highest BCUT2D eigenvalue weighted by molar-refractivity contribution is 5.88. The van der Waals surface area contributed by atoms with Crippen LogP contribution in [0.2, 0.25) is 0 Å². The molecular formula is C10H13N3O3. The Balaban J connectivity index is 2.47.